The van der Waals surface area contributed by atoms with Crippen LogP contribution in [0.1, 0.15) is 89.2 Å². The highest BCUT2D eigenvalue weighted by molar-refractivity contribution is 7.91. The molecule has 0 aliphatic carbocycles. The van der Waals surface area contributed by atoms with E-state index in [1.54, 1.807) is 34.6 Å². The van der Waals surface area contributed by atoms with Crippen LogP contribution in [0.4, 0.5) is 13.2 Å². The zero-order chi connectivity index (χ0) is 32.3. The van der Waals surface area contributed by atoms with Crippen molar-refractivity contribution in [2.24, 2.45) is 0 Å². The maximum atomic E-state index is 14.2. The molecule has 0 aliphatic heterocycles. The average Bonchev–Trinajstić information content (AvgIpc) is 3.26. The number of hydrogen-bond acceptors (Lipinski definition) is 7. The summed E-state index contributed by atoms with van der Waals surface area (Å²) in [4.78, 5) is 30.2. The van der Waals surface area contributed by atoms with Crippen molar-refractivity contribution in [1.82, 2.24) is 14.9 Å². The number of carbonyl (C=O) groups excluding carboxylic acids is 2. The van der Waals surface area contributed by atoms with E-state index < -0.39 is 57.1 Å². The summed E-state index contributed by atoms with van der Waals surface area (Å²) < 4.78 is 73.4. The predicted molar refractivity (Wildman–Crippen MR) is 154 cm³/mol. The minimum Gasteiger partial charge on any atom is -0.465 e. The van der Waals surface area contributed by atoms with Crippen LogP contribution in [0.15, 0.2) is 47.4 Å². The van der Waals surface area contributed by atoms with E-state index in [0.717, 1.165) is 13.2 Å². The van der Waals surface area contributed by atoms with E-state index in [4.69, 9.17) is 0 Å². The Labute approximate surface area is 249 Å². The van der Waals surface area contributed by atoms with Crippen LogP contribution in [0, 0.1) is 6.92 Å². The molecule has 1 amide bonds. The molecule has 0 saturated carbocycles. The number of amides is 1. The Morgan fingerprint density at radius 2 is 1.72 bits per heavy atom. The Morgan fingerprint density at radius 1 is 1.09 bits per heavy atom. The Balaban J connectivity index is 2.02. The molecule has 0 bridgehead atoms. The highest BCUT2D eigenvalue weighted by Gasteiger charge is 2.39. The number of imidazole rings is 1. The maximum Gasteiger partial charge on any atom is 0.417 e. The number of carbonyl (C=O) groups is 2. The largest absolute Gasteiger partial charge is 0.465 e. The lowest BCUT2D eigenvalue weighted by Gasteiger charge is -2.22. The Morgan fingerprint density at radius 3 is 2.23 bits per heavy atom. The summed E-state index contributed by atoms with van der Waals surface area (Å²) in [7, 11) is -2.45. The van der Waals surface area contributed by atoms with E-state index in [9.17, 15) is 36.3 Å². The van der Waals surface area contributed by atoms with Crippen LogP contribution in [-0.2, 0) is 32.7 Å². The minimum absolute atomic E-state index is 0.0119. The fourth-order valence-corrected chi connectivity index (χ4v) is 6.11. The van der Waals surface area contributed by atoms with Gasteiger partial charge in [0, 0.05) is 17.7 Å². The van der Waals surface area contributed by atoms with E-state index in [-0.39, 0.29) is 34.1 Å². The van der Waals surface area contributed by atoms with E-state index in [2.05, 4.69) is 15.0 Å². The van der Waals surface area contributed by atoms with E-state index in [0.29, 0.717) is 17.8 Å². The van der Waals surface area contributed by atoms with Gasteiger partial charge in [0.15, 0.2) is 9.84 Å². The first kappa shape index (κ1) is 33.8. The van der Waals surface area contributed by atoms with Gasteiger partial charge in [0.25, 0.3) is 5.91 Å². The molecule has 0 spiro atoms. The van der Waals surface area contributed by atoms with E-state index in [1.807, 2.05) is 0 Å². The molecule has 1 atom stereocenters. The van der Waals surface area contributed by atoms with Crippen molar-refractivity contribution >= 4 is 21.7 Å². The second-order valence-electron chi connectivity index (χ2n) is 11.1. The average molecular weight is 624 g/mol. The number of esters is 1. The molecule has 2 N–H and O–H groups in total. The van der Waals surface area contributed by atoms with Crippen LogP contribution in [-0.4, -0.2) is 54.4 Å². The molecule has 1 heterocycles. The molecule has 3 aromatic rings. The molecule has 234 valence electrons. The second-order valence-corrected chi connectivity index (χ2v) is 13.2. The zero-order valence-electron chi connectivity index (χ0n) is 24.9. The van der Waals surface area contributed by atoms with E-state index >= 15 is 0 Å². The van der Waals surface area contributed by atoms with Crippen LogP contribution in [0.5, 0.6) is 0 Å². The quantitative estimate of drug-likeness (QED) is 0.305. The Kier molecular flexibility index (Phi) is 10.1. The smallest absolute Gasteiger partial charge is 0.417 e. The van der Waals surface area contributed by atoms with Gasteiger partial charge in [0.05, 0.1) is 41.5 Å². The number of methoxy groups -OCH3 is 1. The summed E-state index contributed by atoms with van der Waals surface area (Å²) in [5, 5.41) is 12.7. The summed E-state index contributed by atoms with van der Waals surface area (Å²) in [5.74, 6) is -1.48. The molecule has 0 radical (unpaired) electrons. The Bertz CT molecular complexity index is 1590. The normalized spacial score (nSPS) is 13.1. The van der Waals surface area contributed by atoms with Crippen molar-refractivity contribution < 1.29 is 41.0 Å². The van der Waals surface area contributed by atoms with Crippen molar-refractivity contribution in [2.75, 3.05) is 19.5 Å². The maximum absolute atomic E-state index is 14.2. The van der Waals surface area contributed by atoms with Gasteiger partial charge in [-0.05, 0) is 42.7 Å². The molecule has 2 aromatic carbocycles. The van der Waals surface area contributed by atoms with Crippen molar-refractivity contribution in [1.29, 1.82) is 0 Å². The number of aliphatic hydroxyl groups is 1. The number of aromatic nitrogens is 2. The summed E-state index contributed by atoms with van der Waals surface area (Å²) in [6.07, 6.45) is -4.41. The number of nitrogens with zero attached hydrogens (tertiary/aromatic N) is 2. The van der Waals surface area contributed by atoms with Gasteiger partial charge in [-0.1, -0.05) is 52.0 Å². The van der Waals surface area contributed by atoms with Gasteiger partial charge in [-0.25, -0.2) is 18.2 Å². The van der Waals surface area contributed by atoms with Gasteiger partial charge in [-0.2, -0.15) is 13.2 Å². The first-order chi connectivity index (χ1) is 20.0. The fourth-order valence-electron chi connectivity index (χ4n) is 4.79. The van der Waals surface area contributed by atoms with Gasteiger partial charge in [0.1, 0.15) is 11.5 Å². The lowest BCUT2D eigenvalue weighted by Crippen LogP contribution is -2.31. The first-order valence-electron chi connectivity index (χ1n) is 13.6. The number of benzene rings is 2. The third-order valence-electron chi connectivity index (χ3n) is 6.88. The summed E-state index contributed by atoms with van der Waals surface area (Å²) in [6, 6.07) is 8.55. The standard InChI is InChI=1S/C30H36F3N3O6S/c1-7-15-43(40,41)21-13-11-19(12-14-21)23(17-37)34-26(38)25-18(2)36(28(35-25)29(3,4)5)16-20-9-8-10-22(27(39)42-6)24(20)30(31,32)33/h8-14,23,37H,7,15-17H2,1-6H3,(H,34,38). The number of ether oxygens (including phenoxy) is 1. The van der Waals surface area contributed by atoms with Crippen LogP contribution in [0.2, 0.25) is 0 Å². The SMILES string of the molecule is CCCS(=O)(=O)c1ccc(C(CO)NC(=O)c2nc(C(C)(C)C)n(Cc3cccc(C(=O)OC)c3C(F)(F)F)c2C)cc1. The van der Waals surface area contributed by atoms with Gasteiger partial charge in [-0.15, -0.1) is 0 Å². The summed E-state index contributed by atoms with van der Waals surface area (Å²) in [6.45, 7) is 7.86. The molecule has 0 aliphatic rings. The number of hydrogen-bond donors (Lipinski definition) is 2. The molecule has 43 heavy (non-hydrogen) atoms. The molecule has 9 nitrogen and oxygen atoms in total. The van der Waals surface area contributed by atoms with Crippen LogP contribution in [0.3, 0.4) is 0 Å². The minimum atomic E-state index is -4.86. The van der Waals surface area contributed by atoms with Crippen molar-refractivity contribution in [3.05, 3.63) is 81.9 Å². The lowest BCUT2D eigenvalue weighted by molar-refractivity contribution is -0.138. The highest BCUT2D eigenvalue weighted by Crippen LogP contribution is 2.36. The first-order valence-corrected chi connectivity index (χ1v) is 15.2. The monoisotopic (exact) mass is 623 g/mol. The molecular formula is C30H36F3N3O6S. The molecule has 13 heteroatoms. The van der Waals surface area contributed by atoms with Crippen molar-refractivity contribution in [3.8, 4) is 0 Å². The lowest BCUT2D eigenvalue weighted by atomic mass is 9.95. The number of nitrogens with one attached hydrogen (secondary N) is 1. The summed E-state index contributed by atoms with van der Waals surface area (Å²) >= 11 is 0. The predicted octanol–water partition coefficient (Wildman–Crippen LogP) is 4.99. The molecule has 3 rings (SSSR count). The van der Waals surface area contributed by atoms with Gasteiger partial charge >= 0.3 is 12.1 Å². The molecule has 1 unspecified atom stereocenters. The fraction of sp³-hybridized carbons (Fsp3) is 0.433. The van der Waals surface area contributed by atoms with Crippen LogP contribution in [0.25, 0.3) is 0 Å². The molecular weight excluding hydrogens is 587 g/mol. The number of halogens is 3. The number of alkyl halides is 3. The van der Waals surface area contributed by atoms with Crippen molar-refractivity contribution in [2.45, 2.75) is 70.1 Å². The third kappa shape index (κ3) is 7.45. The van der Waals surface area contributed by atoms with E-state index in [1.165, 1.54) is 41.0 Å². The van der Waals surface area contributed by atoms with Gasteiger partial charge in [-0.3, -0.25) is 4.79 Å². The highest BCUT2D eigenvalue weighted by atomic mass is 32.2. The number of sulfone groups is 1. The molecule has 0 fully saturated rings. The van der Waals surface area contributed by atoms with Crippen molar-refractivity contribution in [3.63, 3.8) is 0 Å². The topological polar surface area (TPSA) is 128 Å². The third-order valence-corrected chi connectivity index (χ3v) is 8.81. The Hall–Kier alpha value is -3.71. The molecule has 0 saturated heterocycles. The zero-order valence-corrected chi connectivity index (χ0v) is 25.7. The second kappa shape index (κ2) is 12.9. The van der Waals surface area contributed by atoms with Gasteiger partial charge < -0.3 is 19.7 Å². The van der Waals surface area contributed by atoms with Gasteiger partial charge in [0.2, 0.25) is 0 Å². The summed E-state index contributed by atoms with van der Waals surface area (Å²) in [5.41, 5.74) is -1.99. The number of rotatable bonds is 10. The van der Waals surface area contributed by atoms with Crippen LogP contribution >= 0.6 is 0 Å². The number of aliphatic hydroxyl groups excluding tert-OH is 1. The van der Waals surface area contributed by atoms with Crippen LogP contribution < -0.4 is 5.32 Å². The molecule has 1 aromatic heterocycles.